The first kappa shape index (κ1) is 25.6. The lowest BCUT2D eigenvalue weighted by atomic mass is 9.97. The fourth-order valence-corrected chi connectivity index (χ4v) is 5.16. The Balaban J connectivity index is 1.40. The summed E-state index contributed by atoms with van der Waals surface area (Å²) in [5, 5.41) is 3.59. The van der Waals surface area contributed by atoms with Crippen molar-refractivity contribution in [3.05, 3.63) is 57.9 Å². The molecule has 0 aliphatic carbocycles. The lowest BCUT2D eigenvalue weighted by Gasteiger charge is -2.42. The van der Waals surface area contributed by atoms with E-state index in [0.717, 1.165) is 55.7 Å². The number of hydrogen-bond donors (Lipinski definition) is 1. The van der Waals surface area contributed by atoms with Crippen LogP contribution in [0.4, 0.5) is 5.69 Å². The van der Waals surface area contributed by atoms with Crippen LogP contribution in [0.15, 0.2) is 30.5 Å². The number of nitrogens with one attached hydrogen (secondary N) is 1. The molecule has 2 aliphatic heterocycles. The maximum atomic E-state index is 13.0. The highest BCUT2D eigenvalue weighted by Gasteiger charge is 2.32. The number of hydrogen-bond acceptors (Lipinski definition) is 5. The molecular formula is C27H35ClN4O3. The van der Waals surface area contributed by atoms with Crippen LogP contribution in [-0.4, -0.2) is 65.5 Å². The van der Waals surface area contributed by atoms with Gasteiger partial charge >= 0.3 is 0 Å². The van der Waals surface area contributed by atoms with E-state index in [2.05, 4.69) is 22.1 Å². The number of aryl methyl sites for hydroxylation is 1. The van der Waals surface area contributed by atoms with Gasteiger partial charge in [0, 0.05) is 74.0 Å². The van der Waals surface area contributed by atoms with Crippen LogP contribution in [0, 0.1) is 12.8 Å². The Bertz CT molecular complexity index is 1050. The van der Waals surface area contributed by atoms with Crippen LogP contribution in [0.1, 0.15) is 53.9 Å². The first-order valence-corrected chi connectivity index (χ1v) is 12.9. The van der Waals surface area contributed by atoms with Crippen molar-refractivity contribution in [2.45, 2.75) is 52.6 Å². The van der Waals surface area contributed by atoms with Crippen molar-refractivity contribution < 1.29 is 14.3 Å². The van der Waals surface area contributed by atoms with E-state index in [9.17, 15) is 9.59 Å². The Morgan fingerprint density at radius 3 is 2.63 bits per heavy atom. The third-order valence-corrected chi connectivity index (χ3v) is 7.35. The number of aromatic nitrogens is 1. The van der Waals surface area contributed by atoms with Crippen LogP contribution in [-0.2, 0) is 22.5 Å². The van der Waals surface area contributed by atoms with E-state index in [-0.39, 0.29) is 23.8 Å². The summed E-state index contributed by atoms with van der Waals surface area (Å²) in [7, 11) is 0. The van der Waals surface area contributed by atoms with Gasteiger partial charge < -0.3 is 15.0 Å². The van der Waals surface area contributed by atoms with Gasteiger partial charge in [0.2, 0.25) is 5.91 Å². The summed E-state index contributed by atoms with van der Waals surface area (Å²) in [6, 6.07) is 7.58. The molecule has 0 unspecified atom stereocenters. The smallest absolute Gasteiger partial charge is 0.257 e. The van der Waals surface area contributed by atoms with E-state index >= 15 is 0 Å². The van der Waals surface area contributed by atoms with Crippen LogP contribution < -0.4 is 5.32 Å². The SMILES string of the molecule is CCc1ccc(C(=O)Nc2cc(Cl)cc(CN3CCN(C(=O)C4CCOCC4)[C@@H](C)C3)c2C)cn1. The summed E-state index contributed by atoms with van der Waals surface area (Å²) in [6.07, 6.45) is 4.08. The van der Waals surface area contributed by atoms with Crippen LogP contribution in [0.25, 0.3) is 0 Å². The largest absolute Gasteiger partial charge is 0.381 e. The molecule has 2 fully saturated rings. The summed E-state index contributed by atoms with van der Waals surface area (Å²) < 4.78 is 5.42. The van der Waals surface area contributed by atoms with Gasteiger partial charge in [-0.15, -0.1) is 0 Å². The summed E-state index contributed by atoms with van der Waals surface area (Å²) in [6.45, 7) is 10.6. The van der Waals surface area contributed by atoms with E-state index in [1.165, 1.54) is 0 Å². The van der Waals surface area contributed by atoms with Crippen LogP contribution >= 0.6 is 11.6 Å². The van der Waals surface area contributed by atoms with Crippen LogP contribution in [0.2, 0.25) is 5.02 Å². The highest BCUT2D eigenvalue weighted by molar-refractivity contribution is 6.31. The van der Waals surface area contributed by atoms with Gasteiger partial charge in [0.15, 0.2) is 0 Å². The third-order valence-electron chi connectivity index (χ3n) is 7.14. The number of anilines is 1. The molecule has 0 saturated carbocycles. The maximum absolute atomic E-state index is 13.0. The topological polar surface area (TPSA) is 74.8 Å². The molecule has 1 aromatic carbocycles. The predicted octanol–water partition coefficient (Wildman–Crippen LogP) is 4.32. The van der Waals surface area contributed by atoms with Gasteiger partial charge in [-0.25, -0.2) is 0 Å². The van der Waals surface area contributed by atoms with Crippen molar-refractivity contribution >= 4 is 29.1 Å². The summed E-state index contributed by atoms with van der Waals surface area (Å²) in [5.41, 5.74) is 4.24. The number of amides is 2. The second-order valence-electron chi connectivity index (χ2n) is 9.59. The minimum Gasteiger partial charge on any atom is -0.381 e. The predicted molar refractivity (Wildman–Crippen MR) is 138 cm³/mol. The highest BCUT2D eigenvalue weighted by Crippen LogP contribution is 2.28. The molecule has 7 nitrogen and oxygen atoms in total. The fraction of sp³-hybridized carbons (Fsp3) is 0.519. The lowest BCUT2D eigenvalue weighted by Crippen LogP contribution is -2.55. The minimum atomic E-state index is -0.203. The normalized spacial score (nSPS) is 19.5. The minimum absolute atomic E-state index is 0.0902. The van der Waals surface area contributed by atoms with Gasteiger partial charge in [-0.05, 0) is 68.5 Å². The zero-order valence-corrected chi connectivity index (χ0v) is 21.6. The lowest BCUT2D eigenvalue weighted by molar-refractivity contribution is -0.143. The third kappa shape index (κ3) is 6.21. The molecule has 2 aliphatic rings. The Hall–Kier alpha value is -2.48. The molecule has 35 heavy (non-hydrogen) atoms. The van der Waals surface area contributed by atoms with Gasteiger partial charge in [0.25, 0.3) is 5.91 Å². The molecule has 1 N–H and O–H groups in total. The second-order valence-corrected chi connectivity index (χ2v) is 10.0. The molecule has 1 atom stereocenters. The van der Waals surface area contributed by atoms with Crippen molar-refractivity contribution in [1.29, 1.82) is 0 Å². The van der Waals surface area contributed by atoms with E-state index in [1.54, 1.807) is 18.3 Å². The first-order valence-electron chi connectivity index (χ1n) is 12.5. The monoisotopic (exact) mass is 498 g/mol. The van der Waals surface area contributed by atoms with E-state index in [0.29, 0.717) is 36.0 Å². The average Bonchev–Trinajstić information content (AvgIpc) is 2.87. The van der Waals surface area contributed by atoms with E-state index < -0.39 is 0 Å². The maximum Gasteiger partial charge on any atom is 0.257 e. The van der Waals surface area contributed by atoms with Crippen LogP contribution in [0.3, 0.4) is 0 Å². The molecule has 2 saturated heterocycles. The van der Waals surface area contributed by atoms with Gasteiger partial charge in [0.05, 0.1) is 5.56 Å². The second kappa shape index (κ2) is 11.5. The number of rotatable bonds is 6. The highest BCUT2D eigenvalue weighted by atomic mass is 35.5. The summed E-state index contributed by atoms with van der Waals surface area (Å²) in [4.78, 5) is 34.5. The molecule has 8 heteroatoms. The average molecular weight is 499 g/mol. The molecular weight excluding hydrogens is 464 g/mol. The quantitative estimate of drug-likeness (QED) is 0.642. The molecule has 2 aromatic rings. The number of halogens is 1. The standard InChI is InChI=1S/C27H35ClN4O3/c1-4-24-6-5-21(15-29-24)26(33)30-25-14-23(28)13-22(19(25)3)17-31-9-10-32(18(2)16-31)27(34)20-7-11-35-12-8-20/h5-6,13-15,18,20H,4,7-12,16-17H2,1-3H3,(H,30,33)/t18-/m0/s1. The van der Waals surface area contributed by atoms with Gasteiger partial charge in [0.1, 0.15) is 0 Å². The van der Waals surface area contributed by atoms with Gasteiger partial charge in [-0.2, -0.15) is 0 Å². The number of nitrogens with zero attached hydrogens (tertiary/aromatic N) is 3. The first-order chi connectivity index (χ1) is 16.9. The van der Waals surface area contributed by atoms with Gasteiger partial charge in [-0.1, -0.05) is 18.5 Å². The number of piperazine rings is 1. The van der Waals surface area contributed by atoms with Crippen molar-refractivity contribution in [2.24, 2.45) is 5.92 Å². The number of carbonyl (C=O) groups is 2. The molecule has 0 bridgehead atoms. The van der Waals surface area contributed by atoms with Crippen LogP contribution in [0.5, 0.6) is 0 Å². The van der Waals surface area contributed by atoms with Crippen molar-refractivity contribution in [2.75, 3.05) is 38.2 Å². The summed E-state index contributed by atoms with van der Waals surface area (Å²) >= 11 is 6.44. The number of ether oxygens (including phenoxy) is 1. The fourth-order valence-electron chi connectivity index (χ4n) is 4.92. The number of pyridine rings is 1. The van der Waals surface area contributed by atoms with Crippen molar-refractivity contribution in [3.8, 4) is 0 Å². The Morgan fingerprint density at radius 1 is 1.20 bits per heavy atom. The molecule has 3 heterocycles. The van der Waals surface area contributed by atoms with E-state index in [4.69, 9.17) is 16.3 Å². The van der Waals surface area contributed by atoms with Gasteiger partial charge in [-0.3, -0.25) is 19.5 Å². The molecule has 0 spiro atoms. The van der Waals surface area contributed by atoms with E-state index in [1.807, 2.05) is 30.9 Å². The van der Waals surface area contributed by atoms with Crippen molar-refractivity contribution in [1.82, 2.24) is 14.8 Å². The molecule has 0 radical (unpaired) electrons. The van der Waals surface area contributed by atoms with Crippen molar-refractivity contribution in [3.63, 3.8) is 0 Å². The molecule has 2 amide bonds. The number of benzene rings is 1. The summed E-state index contributed by atoms with van der Waals surface area (Å²) in [5.74, 6) is 0.156. The zero-order valence-electron chi connectivity index (χ0n) is 20.8. The Labute approximate surface area is 212 Å². The Morgan fingerprint density at radius 2 is 1.97 bits per heavy atom. The molecule has 4 rings (SSSR count). The number of carbonyl (C=O) groups excluding carboxylic acids is 2. The zero-order chi connectivity index (χ0) is 24.9. The Kier molecular flexibility index (Phi) is 8.42. The molecule has 1 aromatic heterocycles. The molecule has 188 valence electrons.